The standard InChI is InChI=1S/C13H17ClFN/c14-13-10(5-3-6-11(13)15)8-9-4-1-2-7-12(9)16/h3,5-6,9,12H,1-2,4,7-8,16H2. The van der Waals surface area contributed by atoms with Crippen LogP contribution in [0.4, 0.5) is 4.39 Å². The summed E-state index contributed by atoms with van der Waals surface area (Å²) in [4.78, 5) is 0. The van der Waals surface area contributed by atoms with Gasteiger partial charge in [-0.1, -0.05) is 36.6 Å². The SMILES string of the molecule is NC1CCCCC1Cc1cccc(F)c1Cl. The molecule has 2 unspecified atom stereocenters. The molecule has 1 aliphatic rings. The van der Waals surface area contributed by atoms with Crippen LogP contribution < -0.4 is 5.73 Å². The third kappa shape index (κ3) is 2.55. The van der Waals surface area contributed by atoms with E-state index >= 15 is 0 Å². The van der Waals surface area contributed by atoms with Crippen LogP contribution in [0, 0.1) is 11.7 Å². The Hall–Kier alpha value is -0.600. The lowest BCUT2D eigenvalue weighted by Gasteiger charge is -2.28. The van der Waals surface area contributed by atoms with E-state index in [1.807, 2.05) is 6.07 Å². The summed E-state index contributed by atoms with van der Waals surface area (Å²) < 4.78 is 13.3. The first-order valence-corrected chi connectivity index (χ1v) is 6.24. The van der Waals surface area contributed by atoms with Crippen molar-refractivity contribution in [3.05, 3.63) is 34.6 Å². The molecule has 88 valence electrons. The molecule has 3 heteroatoms. The smallest absolute Gasteiger partial charge is 0.142 e. The highest BCUT2D eigenvalue weighted by Crippen LogP contribution is 2.29. The van der Waals surface area contributed by atoms with Crippen LogP contribution in [0.2, 0.25) is 5.02 Å². The summed E-state index contributed by atoms with van der Waals surface area (Å²) in [6, 6.07) is 5.25. The predicted molar refractivity (Wildman–Crippen MR) is 65.0 cm³/mol. The first-order valence-electron chi connectivity index (χ1n) is 5.87. The molecule has 1 aromatic carbocycles. The molecule has 0 saturated heterocycles. The van der Waals surface area contributed by atoms with Gasteiger partial charge in [-0.25, -0.2) is 4.39 Å². The van der Waals surface area contributed by atoms with E-state index in [0.29, 0.717) is 5.92 Å². The molecule has 1 nitrogen and oxygen atoms in total. The Morgan fingerprint density at radius 3 is 2.81 bits per heavy atom. The highest BCUT2D eigenvalue weighted by Gasteiger charge is 2.23. The summed E-state index contributed by atoms with van der Waals surface area (Å²) in [6.45, 7) is 0. The normalized spacial score (nSPS) is 25.7. The van der Waals surface area contributed by atoms with Gasteiger partial charge >= 0.3 is 0 Å². The molecule has 0 aliphatic heterocycles. The maximum absolute atomic E-state index is 13.3. The number of rotatable bonds is 2. The molecule has 2 rings (SSSR count). The second-order valence-corrected chi connectivity index (χ2v) is 5.00. The fourth-order valence-electron chi connectivity index (χ4n) is 2.48. The van der Waals surface area contributed by atoms with E-state index in [4.69, 9.17) is 17.3 Å². The van der Waals surface area contributed by atoms with Gasteiger partial charge in [0.1, 0.15) is 5.82 Å². The average molecular weight is 242 g/mol. The molecule has 2 N–H and O–H groups in total. The molecular formula is C13H17ClFN. The van der Waals surface area contributed by atoms with Crippen molar-refractivity contribution < 1.29 is 4.39 Å². The number of benzene rings is 1. The Morgan fingerprint density at radius 1 is 1.31 bits per heavy atom. The van der Waals surface area contributed by atoms with Gasteiger partial charge in [-0.15, -0.1) is 0 Å². The highest BCUT2D eigenvalue weighted by molar-refractivity contribution is 6.31. The summed E-state index contributed by atoms with van der Waals surface area (Å²) in [7, 11) is 0. The maximum Gasteiger partial charge on any atom is 0.142 e. The fourth-order valence-corrected chi connectivity index (χ4v) is 2.68. The quantitative estimate of drug-likeness (QED) is 0.842. The van der Waals surface area contributed by atoms with Crippen LogP contribution in [0.3, 0.4) is 0 Å². The molecule has 0 heterocycles. The second kappa shape index (κ2) is 5.15. The molecule has 1 saturated carbocycles. The van der Waals surface area contributed by atoms with E-state index in [1.54, 1.807) is 6.07 Å². The Morgan fingerprint density at radius 2 is 2.06 bits per heavy atom. The Labute approximate surface area is 101 Å². The van der Waals surface area contributed by atoms with Crippen molar-refractivity contribution in [2.24, 2.45) is 11.7 Å². The van der Waals surface area contributed by atoms with Crippen molar-refractivity contribution in [2.45, 2.75) is 38.1 Å². The van der Waals surface area contributed by atoms with Crippen LogP contribution in [-0.2, 0) is 6.42 Å². The minimum Gasteiger partial charge on any atom is -0.327 e. The summed E-state index contributed by atoms with van der Waals surface area (Å²) >= 11 is 5.94. The van der Waals surface area contributed by atoms with Gasteiger partial charge in [-0.2, -0.15) is 0 Å². The van der Waals surface area contributed by atoms with E-state index in [9.17, 15) is 4.39 Å². The van der Waals surface area contributed by atoms with Crippen LogP contribution in [0.1, 0.15) is 31.2 Å². The third-order valence-corrected chi connectivity index (χ3v) is 3.90. The number of hydrogen-bond donors (Lipinski definition) is 1. The van der Waals surface area contributed by atoms with Gasteiger partial charge in [-0.3, -0.25) is 0 Å². The summed E-state index contributed by atoms with van der Waals surface area (Å²) in [5.74, 6) is 0.122. The lowest BCUT2D eigenvalue weighted by molar-refractivity contribution is 0.306. The Bertz CT molecular complexity index is 367. The zero-order valence-electron chi connectivity index (χ0n) is 9.26. The van der Waals surface area contributed by atoms with Crippen molar-refractivity contribution in [1.82, 2.24) is 0 Å². The monoisotopic (exact) mass is 241 g/mol. The second-order valence-electron chi connectivity index (χ2n) is 4.63. The van der Waals surface area contributed by atoms with Crippen LogP contribution in [-0.4, -0.2) is 6.04 Å². The zero-order chi connectivity index (χ0) is 11.5. The lowest BCUT2D eigenvalue weighted by atomic mass is 9.81. The summed E-state index contributed by atoms with van der Waals surface area (Å²) in [6.07, 6.45) is 5.46. The molecule has 1 aliphatic carbocycles. The van der Waals surface area contributed by atoms with Gasteiger partial charge in [0, 0.05) is 6.04 Å². The van der Waals surface area contributed by atoms with Crippen LogP contribution in [0.15, 0.2) is 18.2 Å². The molecule has 0 radical (unpaired) electrons. The van der Waals surface area contributed by atoms with Gasteiger partial charge in [0.05, 0.1) is 5.02 Å². The Balaban J connectivity index is 2.10. The van der Waals surface area contributed by atoms with Crippen molar-refractivity contribution >= 4 is 11.6 Å². The Kier molecular flexibility index (Phi) is 3.82. The van der Waals surface area contributed by atoms with Gasteiger partial charge < -0.3 is 5.73 Å². The third-order valence-electron chi connectivity index (χ3n) is 3.48. The first kappa shape index (κ1) is 11.9. The van der Waals surface area contributed by atoms with Crippen LogP contribution in [0.5, 0.6) is 0 Å². The number of nitrogens with two attached hydrogens (primary N) is 1. The zero-order valence-corrected chi connectivity index (χ0v) is 10.0. The highest BCUT2D eigenvalue weighted by atomic mass is 35.5. The molecular weight excluding hydrogens is 225 g/mol. The molecule has 1 aromatic rings. The fraction of sp³-hybridized carbons (Fsp3) is 0.538. The number of halogens is 2. The van der Waals surface area contributed by atoms with Gasteiger partial charge in [0.25, 0.3) is 0 Å². The van der Waals surface area contributed by atoms with E-state index in [-0.39, 0.29) is 16.9 Å². The molecule has 16 heavy (non-hydrogen) atoms. The lowest BCUT2D eigenvalue weighted by Crippen LogP contribution is -2.34. The molecule has 0 amide bonds. The summed E-state index contributed by atoms with van der Waals surface area (Å²) in [5, 5.41) is 0.264. The van der Waals surface area contributed by atoms with Gasteiger partial charge in [0.15, 0.2) is 0 Å². The van der Waals surface area contributed by atoms with Crippen LogP contribution >= 0.6 is 11.6 Å². The largest absolute Gasteiger partial charge is 0.327 e. The maximum atomic E-state index is 13.3. The van der Waals surface area contributed by atoms with Crippen molar-refractivity contribution in [2.75, 3.05) is 0 Å². The van der Waals surface area contributed by atoms with Crippen molar-refractivity contribution in [3.63, 3.8) is 0 Å². The van der Waals surface area contributed by atoms with Crippen molar-refractivity contribution in [1.29, 1.82) is 0 Å². The van der Waals surface area contributed by atoms with Crippen molar-refractivity contribution in [3.8, 4) is 0 Å². The molecule has 2 atom stereocenters. The predicted octanol–water partition coefficient (Wildman–Crippen LogP) is 3.54. The summed E-state index contributed by atoms with van der Waals surface area (Å²) in [5.41, 5.74) is 6.97. The molecule has 1 fully saturated rings. The van der Waals surface area contributed by atoms with Crippen LogP contribution in [0.25, 0.3) is 0 Å². The first-order chi connectivity index (χ1) is 7.68. The minimum absolute atomic E-state index is 0.244. The minimum atomic E-state index is -0.330. The average Bonchev–Trinajstić information content (AvgIpc) is 2.28. The van der Waals surface area contributed by atoms with E-state index in [0.717, 1.165) is 24.8 Å². The molecule has 0 spiro atoms. The number of hydrogen-bond acceptors (Lipinski definition) is 1. The van der Waals surface area contributed by atoms with Gasteiger partial charge in [-0.05, 0) is 36.8 Å². The van der Waals surface area contributed by atoms with E-state index in [1.165, 1.54) is 18.9 Å². The van der Waals surface area contributed by atoms with Gasteiger partial charge in [0.2, 0.25) is 0 Å². The topological polar surface area (TPSA) is 26.0 Å². The molecule has 0 bridgehead atoms. The van der Waals surface area contributed by atoms with E-state index < -0.39 is 0 Å². The molecule has 0 aromatic heterocycles. The van der Waals surface area contributed by atoms with E-state index in [2.05, 4.69) is 0 Å².